The van der Waals surface area contributed by atoms with Gasteiger partial charge in [0.25, 0.3) is 5.91 Å². The molecule has 6 nitrogen and oxygen atoms in total. The average Bonchev–Trinajstić information content (AvgIpc) is 3.10. The van der Waals surface area contributed by atoms with Crippen molar-refractivity contribution in [3.05, 3.63) is 23.8 Å². The Morgan fingerprint density at radius 3 is 2.58 bits per heavy atom. The highest BCUT2D eigenvalue weighted by Gasteiger charge is 2.26. The van der Waals surface area contributed by atoms with E-state index >= 15 is 0 Å². The van der Waals surface area contributed by atoms with E-state index in [1.54, 1.807) is 6.07 Å². The van der Waals surface area contributed by atoms with E-state index in [1.807, 2.05) is 0 Å². The van der Waals surface area contributed by atoms with Gasteiger partial charge in [-0.05, 0) is 25.0 Å². The quantitative estimate of drug-likeness (QED) is 0.843. The average molecular weight is 284 g/mol. The molecule has 2 rings (SSSR count). The number of ether oxygens (including phenoxy) is 1. The van der Waals surface area contributed by atoms with Crippen LogP contribution in [-0.2, 0) is 10.0 Å². The molecule has 0 heterocycles. The molecule has 0 radical (unpaired) electrons. The third-order valence-electron chi connectivity index (χ3n) is 2.57. The van der Waals surface area contributed by atoms with Gasteiger partial charge in [-0.25, -0.2) is 8.42 Å². The van der Waals surface area contributed by atoms with Crippen LogP contribution in [0, 0.1) is 0 Å². The molecule has 0 bridgehead atoms. The Morgan fingerprint density at radius 1 is 1.37 bits per heavy atom. The maximum atomic E-state index is 11.7. The summed E-state index contributed by atoms with van der Waals surface area (Å²) in [6, 6.07) is 4.61. The molecule has 7 heteroatoms. The van der Waals surface area contributed by atoms with Crippen molar-refractivity contribution < 1.29 is 17.9 Å². The number of hydrogen-bond acceptors (Lipinski definition) is 4. The minimum absolute atomic E-state index is 0.122. The van der Waals surface area contributed by atoms with E-state index < -0.39 is 10.0 Å². The molecule has 1 aromatic carbocycles. The maximum absolute atomic E-state index is 11.7. The monoisotopic (exact) mass is 284 g/mol. The Balaban J connectivity index is 2.31. The molecule has 104 valence electrons. The van der Waals surface area contributed by atoms with E-state index in [2.05, 4.69) is 10.0 Å². The summed E-state index contributed by atoms with van der Waals surface area (Å²) in [6.45, 7) is 0. The van der Waals surface area contributed by atoms with Gasteiger partial charge in [-0.2, -0.15) is 0 Å². The number of anilines is 1. The molecule has 19 heavy (non-hydrogen) atoms. The van der Waals surface area contributed by atoms with Crippen molar-refractivity contribution in [3.8, 4) is 5.75 Å². The molecule has 1 aliphatic carbocycles. The van der Waals surface area contributed by atoms with Gasteiger partial charge in [-0.15, -0.1) is 0 Å². The Morgan fingerprint density at radius 2 is 2.05 bits per heavy atom. The van der Waals surface area contributed by atoms with Crippen molar-refractivity contribution in [2.24, 2.45) is 0 Å². The summed E-state index contributed by atoms with van der Waals surface area (Å²) in [7, 11) is -1.82. The molecular weight excluding hydrogens is 268 g/mol. The minimum atomic E-state index is -3.35. The SMILES string of the molecule is CNC(=O)c1ccc(NS(C)(=O)=O)cc1OC1CC1. The van der Waals surface area contributed by atoms with Crippen LogP contribution >= 0.6 is 0 Å². The summed E-state index contributed by atoms with van der Waals surface area (Å²) >= 11 is 0. The van der Waals surface area contributed by atoms with Crippen molar-refractivity contribution in [1.82, 2.24) is 5.32 Å². The van der Waals surface area contributed by atoms with E-state index in [0.29, 0.717) is 17.0 Å². The summed E-state index contributed by atoms with van der Waals surface area (Å²) in [5, 5.41) is 2.53. The van der Waals surface area contributed by atoms with Crippen molar-refractivity contribution in [1.29, 1.82) is 0 Å². The number of sulfonamides is 1. The number of amides is 1. The Labute approximate surface area is 112 Å². The number of benzene rings is 1. The van der Waals surface area contributed by atoms with Crippen LogP contribution in [-0.4, -0.2) is 33.7 Å². The molecule has 1 amide bonds. The molecule has 1 aliphatic rings. The summed E-state index contributed by atoms with van der Waals surface area (Å²) in [6.07, 6.45) is 3.10. The lowest BCUT2D eigenvalue weighted by Gasteiger charge is -2.12. The molecule has 0 unspecified atom stereocenters. The summed E-state index contributed by atoms with van der Waals surface area (Å²) in [5.41, 5.74) is 0.777. The van der Waals surface area contributed by atoms with Crippen LogP contribution in [0.4, 0.5) is 5.69 Å². The highest BCUT2D eigenvalue weighted by atomic mass is 32.2. The highest BCUT2D eigenvalue weighted by molar-refractivity contribution is 7.92. The molecule has 2 N–H and O–H groups in total. The Bertz CT molecular complexity index is 594. The first-order chi connectivity index (χ1) is 8.89. The molecule has 1 aromatic rings. The number of nitrogens with one attached hydrogen (secondary N) is 2. The summed E-state index contributed by atoms with van der Waals surface area (Å²) in [5.74, 6) is 0.136. The van der Waals surface area contributed by atoms with Crippen LogP contribution in [0.25, 0.3) is 0 Å². The fraction of sp³-hybridized carbons (Fsp3) is 0.417. The standard InChI is InChI=1S/C12H16N2O4S/c1-13-12(15)10-6-3-8(14-19(2,16)17)7-11(10)18-9-4-5-9/h3,6-7,9,14H,4-5H2,1-2H3,(H,13,15). The normalized spacial score (nSPS) is 14.8. The smallest absolute Gasteiger partial charge is 0.254 e. The maximum Gasteiger partial charge on any atom is 0.254 e. The highest BCUT2D eigenvalue weighted by Crippen LogP contribution is 2.31. The first-order valence-electron chi connectivity index (χ1n) is 5.89. The number of carbonyl (C=O) groups is 1. The van der Waals surface area contributed by atoms with E-state index in [-0.39, 0.29) is 12.0 Å². The first kappa shape index (κ1) is 13.7. The lowest BCUT2D eigenvalue weighted by atomic mass is 10.1. The fourth-order valence-electron chi connectivity index (χ4n) is 1.59. The summed E-state index contributed by atoms with van der Waals surface area (Å²) < 4.78 is 30.4. The minimum Gasteiger partial charge on any atom is -0.490 e. The third-order valence-corrected chi connectivity index (χ3v) is 3.18. The van der Waals surface area contributed by atoms with E-state index in [9.17, 15) is 13.2 Å². The molecule has 0 atom stereocenters. The second-order valence-corrected chi connectivity index (χ2v) is 6.23. The lowest BCUT2D eigenvalue weighted by Crippen LogP contribution is -2.19. The number of carbonyl (C=O) groups excluding carboxylic acids is 1. The van der Waals surface area contributed by atoms with Crippen LogP contribution in [0.15, 0.2) is 18.2 Å². The molecule has 1 saturated carbocycles. The molecule has 0 saturated heterocycles. The molecular formula is C12H16N2O4S. The van der Waals surface area contributed by atoms with Crippen molar-refractivity contribution in [2.75, 3.05) is 18.0 Å². The van der Waals surface area contributed by atoms with Gasteiger partial charge >= 0.3 is 0 Å². The van der Waals surface area contributed by atoms with Crippen molar-refractivity contribution in [3.63, 3.8) is 0 Å². The van der Waals surface area contributed by atoms with Crippen LogP contribution in [0.3, 0.4) is 0 Å². The van der Waals surface area contributed by atoms with Crippen molar-refractivity contribution >= 4 is 21.6 Å². The second kappa shape index (κ2) is 5.08. The van der Waals surface area contributed by atoms with E-state index in [4.69, 9.17) is 4.74 Å². The molecule has 0 aliphatic heterocycles. The Kier molecular flexibility index (Phi) is 3.66. The van der Waals surface area contributed by atoms with E-state index in [1.165, 1.54) is 19.2 Å². The molecule has 0 spiro atoms. The van der Waals surface area contributed by atoms with Gasteiger partial charge in [0.1, 0.15) is 5.75 Å². The van der Waals surface area contributed by atoms with Crippen LogP contribution < -0.4 is 14.8 Å². The zero-order valence-corrected chi connectivity index (χ0v) is 11.6. The van der Waals surface area contributed by atoms with Gasteiger partial charge in [0.05, 0.1) is 23.6 Å². The van der Waals surface area contributed by atoms with Gasteiger partial charge in [-0.1, -0.05) is 0 Å². The van der Waals surface area contributed by atoms with Gasteiger partial charge in [0, 0.05) is 13.1 Å². The zero-order chi connectivity index (χ0) is 14.0. The van der Waals surface area contributed by atoms with E-state index in [0.717, 1.165) is 19.1 Å². The second-order valence-electron chi connectivity index (χ2n) is 4.48. The lowest BCUT2D eigenvalue weighted by molar-refractivity contribution is 0.0958. The fourth-order valence-corrected chi connectivity index (χ4v) is 2.14. The van der Waals surface area contributed by atoms with Crippen LogP contribution in [0.2, 0.25) is 0 Å². The number of rotatable bonds is 5. The Hall–Kier alpha value is -1.76. The van der Waals surface area contributed by atoms with Gasteiger partial charge < -0.3 is 10.1 Å². The molecule has 1 fully saturated rings. The van der Waals surface area contributed by atoms with Gasteiger partial charge in [0.2, 0.25) is 10.0 Å². The predicted octanol–water partition coefficient (Wildman–Crippen LogP) is 0.959. The summed E-state index contributed by atoms with van der Waals surface area (Å²) in [4.78, 5) is 11.7. The first-order valence-corrected chi connectivity index (χ1v) is 7.79. The molecule has 0 aromatic heterocycles. The largest absolute Gasteiger partial charge is 0.490 e. The van der Waals surface area contributed by atoms with Crippen LogP contribution in [0.1, 0.15) is 23.2 Å². The van der Waals surface area contributed by atoms with Crippen LogP contribution in [0.5, 0.6) is 5.75 Å². The van der Waals surface area contributed by atoms with Gasteiger partial charge in [-0.3, -0.25) is 9.52 Å². The van der Waals surface area contributed by atoms with Crippen molar-refractivity contribution in [2.45, 2.75) is 18.9 Å². The number of hydrogen-bond donors (Lipinski definition) is 2. The third kappa shape index (κ3) is 3.85. The predicted molar refractivity (Wildman–Crippen MR) is 71.9 cm³/mol. The topological polar surface area (TPSA) is 84.5 Å². The van der Waals surface area contributed by atoms with Gasteiger partial charge in [0.15, 0.2) is 0 Å². The zero-order valence-electron chi connectivity index (χ0n) is 10.8.